The molecule has 15 heavy (non-hydrogen) atoms. The summed E-state index contributed by atoms with van der Waals surface area (Å²) in [5.74, 6) is 0.514. The number of methoxy groups -OCH3 is 1. The summed E-state index contributed by atoms with van der Waals surface area (Å²) in [4.78, 5) is 13.7. The molecule has 0 aromatic heterocycles. The number of piperidine rings is 1. The molecule has 1 aliphatic heterocycles. The number of thiocarbonyl (C=S) groups is 1. The Morgan fingerprint density at radius 2 is 2.33 bits per heavy atom. The van der Waals surface area contributed by atoms with E-state index in [1.807, 2.05) is 0 Å². The molecule has 1 saturated heterocycles. The highest BCUT2D eigenvalue weighted by Gasteiger charge is 2.28. The van der Waals surface area contributed by atoms with E-state index >= 15 is 0 Å². The molecule has 0 aromatic rings. The molecule has 1 fully saturated rings. The molecule has 2 N–H and O–H groups in total. The average Bonchev–Trinajstić information content (AvgIpc) is 2.17. The molecule has 2 atom stereocenters. The van der Waals surface area contributed by atoms with Crippen molar-refractivity contribution in [3.05, 3.63) is 0 Å². The second kappa shape index (κ2) is 5.42. The Kier molecular flexibility index (Phi) is 4.47. The Labute approximate surface area is 95.8 Å². The summed E-state index contributed by atoms with van der Waals surface area (Å²) in [7, 11) is 1.68. The summed E-state index contributed by atoms with van der Waals surface area (Å²) in [5, 5.41) is 0. The zero-order valence-corrected chi connectivity index (χ0v) is 10.0. The third kappa shape index (κ3) is 3.43. The van der Waals surface area contributed by atoms with Gasteiger partial charge in [0, 0.05) is 20.2 Å². The zero-order chi connectivity index (χ0) is 11.4. The van der Waals surface area contributed by atoms with Crippen molar-refractivity contribution in [2.75, 3.05) is 20.2 Å². The van der Waals surface area contributed by atoms with Gasteiger partial charge in [-0.2, -0.15) is 0 Å². The summed E-state index contributed by atoms with van der Waals surface area (Å²) in [6.07, 6.45) is 1.27. The number of ether oxygens (including phenoxy) is 1. The maximum absolute atomic E-state index is 11.7. The van der Waals surface area contributed by atoms with Crippen LogP contribution in [0.15, 0.2) is 0 Å². The van der Waals surface area contributed by atoms with E-state index in [-0.39, 0.29) is 23.4 Å². The van der Waals surface area contributed by atoms with Crippen molar-refractivity contribution in [1.29, 1.82) is 0 Å². The van der Waals surface area contributed by atoms with Crippen molar-refractivity contribution < 1.29 is 9.53 Å². The Hall–Kier alpha value is -0.680. The highest BCUT2D eigenvalue weighted by atomic mass is 32.1. The van der Waals surface area contributed by atoms with Gasteiger partial charge < -0.3 is 15.4 Å². The lowest BCUT2D eigenvalue weighted by molar-refractivity contribution is -0.134. The quantitative estimate of drug-likeness (QED) is 0.719. The molecule has 1 rings (SSSR count). The number of nitrogens with zero attached hydrogens (tertiary/aromatic N) is 1. The lowest BCUT2D eigenvalue weighted by Crippen LogP contribution is -2.47. The fourth-order valence-electron chi connectivity index (χ4n) is 1.83. The van der Waals surface area contributed by atoms with E-state index in [4.69, 9.17) is 22.7 Å². The lowest BCUT2D eigenvalue weighted by Gasteiger charge is -2.36. The second-order valence-corrected chi connectivity index (χ2v) is 4.55. The number of likely N-dealkylation sites (tertiary alicyclic amines) is 1. The Morgan fingerprint density at radius 3 is 2.87 bits per heavy atom. The van der Waals surface area contributed by atoms with Gasteiger partial charge in [0.1, 0.15) is 0 Å². The highest BCUT2D eigenvalue weighted by Crippen LogP contribution is 2.19. The molecule has 0 spiro atoms. The van der Waals surface area contributed by atoms with Crippen molar-refractivity contribution in [3.8, 4) is 0 Å². The van der Waals surface area contributed by atoms with Gasteiger partial charge in [0.2, 0.25) is 5.91 Å². The SMILES string of the molecule is COC1CN(C(=O)CC(N)=S)CCC1C. The van der Waals surface area contributed by atoms with Crippen molar-refractivity contribution in [3.63, 3.8) is 0 Å². The largest absolute Gasteiger partial charge is 0.393 e. The van der Waals surface area contributed by atoms with E-state index in [9.17, 15) is 4.79 Å². The third-order valence-electron chi connectivity index (χ3n) is 2.87. The number of carbonyl (C=O) groups is 1. The summed E-state index contributed by atoms with van der Waals surface area (Å²) in [5.41, 5.74) is 5.35. The molecule has 0 aliphatic carbocycles. The normalized spacial score (nSPS) is 26.4. The summed E-state index contributed by atoms with van der Waals surface area (Å²) < 4.78 is 5.33. The van der Waals surface area contributed by atoms with Crippen molar-refractivity contribution >= 4 is 23.1 Å². The van der Waals surface area contributed by atoms with Gasteiger partial charge in [-0.05, 0) is 12.3 Å². The average molecular weight is 230 g/mol. The van der Waals surface area contributed by atoms with Crippen LogP contribution in [0.3, 0.4) is 0 Å². The molecule has 1 heterocycles. The Balaban J connectivity index is 2.50. The Morgan fingerprint density at radius 1 is 1.67 bits per heavy atom. The summed E-state index contributed by atoms with van der Waals surface area (Å²) >= 11 is 4.72. The van der Waals surface area contributed by atoms with Crippen LogP contribution in [0.25, 0.3) is 0 Å². The van der Waals surface area contributed by atoms with Crippen molar-refractivity contribution in [2.45, 2.75) is 25.9 Å². The van der Waals surface area contributed by atoms with E-state index in [0.717, 1.165) is 13.0 Å². The van der Waals surface area contributed by atoms with Crippen LogP contribution in [-0.4, -0.2) is 42.1 Å². The van der Waals surface area contributed by atoms with Gasteiger partial charge in [0.05, 0.1) is 17.5 Å². The molecule has 2 unspecified atom stereocenters. The third-order valence-corrected chi connectivity index (χ3v) is 3.01. The fourth-order valence-corrected chi connectivity index (χ4v) is 1.95. The smallest absolute Gasteiger partial charge is 0.229 e. The van der Waals surface area contributed by atoms with E-state index in [2.05, 4.69) is 6.92 Å². The minimum Gasteiger partial charge on any atom is -0.393 e. The highest BCUT2D eigenvalue weighted by molar-refractivity contribution is 7.80. The molecular formula is C10H18N2O2S. The topological polar surface area (TPSA) is 55.6 Å². The number of nitrogens with two attached hydrogens (primary N) is 1. The maximum Gasteiger partial charge on any atom is 0.229 e. The fraction of sp³-hybridized carbons (Fsp3) is 0.800. The van der Waals surface area contributed by atoms with Crippen LogP contribution in [-0.2, 0) is 9.53 Å². The van der Waals surface area contributed by atoms with E-state index in [0.29, 0.717) is 12.5 Å². The van der Waals surface area contributed by atoms with Gasteiger partial charge in [0.15, 0.2) is 0 Å². The standard InChI is InChI=1S/C10H18N2O2S/c1-7-3-4-12(6-8(7)14-2)10(13)5-9(11)15/h7-8H,3-6H2,1-2H3,(H2,11,15). The molecular weight excluding hydrogens is 212 g/mol. The van der Waals surface area contributed by atoms with E-state index in [1.54, 1.807) is 12.0 Å². The Bertz CT molecular complexity index is 258. The van der Waals surface area contributed by atoms with Gasteiger partial charge in [-0.15, -0.1) is 0 Å². The number of hydrogen-bond donors (Lipinski definition) is 1. The van der Waals surface area contributed by atoms with Crippen LogP contribution < -0.4 is 5.73 Å². The monoisotopic (exact) mass is 230 g/mol. The van der Waals surface area contributed by atoms with Gasteiger partial charge >= 0.3 is 0 Å². The molecule has 1 aliphatic rings. The number of rotatable bonds is 3. The molecule has 0 saturated carbocycles. The van der Waals surface area contributed by atoms with Gasteiger partial charge in [-0.25, -0.2) is 0 Å². The lowest BCUT2D eigenvalue weighted by atomic mass is 9.95. The number of carbonyl (C=O) groups excluding carboxylic acids is 1. The molecule has 4 nitrogen and oxygen atoms in total. The summed E-state index contributed by atoms with van der Waals surface area (Å²) in [6, 6.07) is 0. The van der Waals surface area contributed by atoms with Crippen LogP contribution in [0.2, 0.25) is 0 Å². The van der Waals surface area contributed by atoms with Crippen LogP contribution in [0.1, 0.15) is 19.8 Å². The first-order valence-electron chi connectivity index (χ1n) is 5.13. The minimum atomic E-state index is 0.0106. The maximum atomic E-state index is 11.7. The first-order chi connectivity index (χ1) is 7.04. The number of hydrogen-bond acceptors (Lipinski definition) is 3. The van der Waals surface area contributed by atoms with Gasteiger partial charge in [-0.1, -0.05) is 19.1 Å². The summed E-state index contributed by atoms with van der Waals surface area (Å²) in [6.45, 7) is 3.57. The molecule has 0 aromatic carbocycles. The predicted octanol–water partition coefficient (Wildman–Crippen LogP) is 0.546. The predicted molar refractivity (Wildman–Crippen MR) is 62.6 cm³/mol. The molecule has 0 radical (unpaired) electrons. The van der Waals surface area contributed by atoms with E-state index < -0.39 is 0 Å². The second-order valence-electron chi connectivity index (χ2n) is 4.02. The van der Waals surface area contributed by atoms with Crippen LogP contribution in [0, 0.1) is 5.92 Å². The molecule has 1 amide bonds. The first kappa shape index (κ1) is 12.4. The van der Waals surface area contributed by atoms with Gasteiger partial charge in [0.25, 0.3) is 0 Å². The minimum absolute atomic E-state index is 0.0106. The van der Waals surface area contributed by atoms with Crippen molar-refractivity contribution in [1.82, 2.24) is 4.90 Å². The zero-order valence-electron chi connectivity index (χ0n) is 9.23. The molecule has 86 valence electrons. The first-order valence-corrected chi connectivity index (χ1v) is 5.54. The molecule has 5 heteroatoms. The van der Waals surface area contributed by atoms with Crippen LogP contribution in [0.5, 0.6) is 0 Å². The number of amides is 1. The van der Waals surface area contributed by atoms with E-state index in [1.165, 1.54) is 0 Å². The van der Waals surface area contributed by atoms with Crippen LogP contribution >= 0.6 is 12.2 Å². The van der Waals surface area contributed by atoms with Crippen molar-refractivity contribution in [2.24, 2.45) is 11.7 Å². The molecule has 0 bridgehead atoms. The van der Waals surface area contributed by atoms with Crippen LogP contribution in [0.4, 0.5) is 0 Å². The van der Waals surface area contributed by atoms with Gasteiger partial charge in [-0.3, -0.25) is 4.79 Å².